The van der Waals surface area contributed by atoms with Crippen LogP contribution in [0.15, 0.2) is 77.8 Å². The summed E-state index contributed by atoms with van der Waals surface area (Å²) in [6.45, 7) is 28.4. The minimum atomic E-state index is -1.23. The predicted molar refractivity (Wildman–Crippen MR) is 340 cm³/mol. The van der Waals surface area contributed by atoms with Gasteiger partial charge in [-0.25, -0.2) is 19.2 Å². The molecule has 27 nitrogen and oxygen atoms in total. The summed E-state index contributed by atoms with van der Waals surface area (Å²) >= 11 is 0. The quantitative estimate of drug-likeness (QED) is 0.124. The second kappa shape index (κ2) is 35.1. The molecule has 3 aromatic rings. The average Bonchev–Trinajstić information content (AvgIpc) is 1.69. The zero-order valence-corrected chi connectivity index (χ0v) is 59.7. The van der Waals surface area contributed by atoms with Crippen molar-refractivity contribution in [1.82, 2.24) is 25.3 Å². The normalized spacial score (nSPS) is 16.1. The molecule has 0 aliphatic carbocycles. The van der Waals surface area contributed by atoms with Gasteiger partial charge in [0.15, 0.2) is 0 Å². The van der Waals surface area contributed by atoms with Gasteiger partial charge in [-0.3, -0.25) is 29.0 Å². The van der Waals surface area contributed by atoms with Crippen LogP contribution in [-0.4, -0.2) is 168 Å². The van der Waals surface area contributed by atoms with E-state index in [4.69, 9.17) is 57.9 Å². The Kier molecular flexibility index (Phi) is 31.5. The van der Waals surface area contributed by atoms with Crippen LogP contribution in [0.1, 0.15) is 190 Å². The third kappa shape index (κ3) is 30.4. The fourth-order valence-electron chi connectivity index (χ4n) is 8.33. The minimum Gasteiger partial charge on any atom is -0.850 e. The van der Waals surface area contributed by atoms with Crippen molar-refractivity contribution in [2.75, 3.05) is 39.3 Å². The van der Waals surface area contributed by atoms with Crippen LogP contribution in [0.3, 0.4) is 0 Å². The van der Waals surface area contributed by atoms with Crippen LogP contribution in [0.25, 0.3) is 0 Å². The number of likely N-dealkylation sites (tertiary alicyclic amines) is 3. The van der Waals surface area contributed by atoms with E-state index >= 15 is 0 Å². The Hall–Kier alpha value is -7.54. The number of amides is 8. The molecule has 0 aromatic heterocycles. The van der Waals surface area contributed by atoms with Gasteiger partial charge in [0.1, 0.15) is 33.7 Å². The number of aliphatic hydroxyl groups is 1. The van der Waals surface area contributed by atoms with Gasteiger partial charge >= 0.3 is 75.6 Å². The number of hydrogen-bond donors (Lipinski definition) is 8. The minimum absolute atomic E-state index is 0. The van der Waals surface area contributed by atoms with Gasteiger partial charge in [0.25, 0.3) is 11.8 Å². The number of nitrogens with one attached hydrogen (secondary N) is 2. The summed E-state index contributed by atoms with van der Waals surface area (Å²) in [5, 5.41) is 49.8. The number of carboxylic acid groups (broad SMARTS) is 1. The number of rotatable bonds is 7. The number of hydrogen-bond acceptors (Lipinski definition) is 18. The number of carboxylic acids is 1. The van der Waals surface area contributed by atoms with Crippen molar-refractivity contribution in [3.8, 4) is 12.1 Å². The molecular weight excluding hydrogens is 1230 g/mol. The number of amidine groups is 1. The zero-order chi connectivity index (χ0) is 70.6. The molecule has 3 aromatic carbocycles. The number of piperidine rings is 3. The fourth-order valence-corrected chi connectivity index (χ4v) is 8.33. The van der Waals surface area contributed by atoms with E-state index in [1.807, 2.05) is 53.7 Å². The standard InChI is InChI=1S/2C19H24N4O4.C11H21N3O3.C8H5NO2.C4H10O.C4H9O.K/c1-18(2,3)27-17(26)23-10-8-19(9-11-23)16(25)21-15(22-19)13-6-4-12(5-7-13)14(20)24;1-18(2,3)27-17(26)23-10-8-19(9-11-23,16(21)25)22-15(24)14-6-4-13(12-20)5-7-14;1-10(2,3)17-9(16)14-6-4-11(13,5-7-14)8(12)15;9-5-6-1-3-7(4-2-6)8(10)11;2*1-4(2,3)5;/h4-7H,8-11H2,1-3H3,(H2,20,24)(H,21,22,25);4-7H,8-11H2,1-3H3,(H2,21,25)(H,22,24);4-7,13H2,1-3H3,(H2,12,15);1-4H,(H,10,11);5H,1-3H3;1-3H3;/q;;;;;-1;+1. The Balaban J connectivity index is 0.000000610. The van der Waals surface area contributed by atoms with Crippen LogP contribution in [0, 0.1) is 22.7 Å². The van der Waals surface area contributed by atoms with Gasteiger partial charge in [-0.05, 0) is 182 Å². The summed E-state index contributed by atoms with van der Waals surface area (Å²) in [7, 11) is 0. The van der Waals surface area contributed by atoms with Crippen LogP contribution >= 0.6 is 0 Å². The summed E-state index contributed by atoms with van der Waals surface area (Å²) in [4.78, 5) is 115. The van der Waals surface area contributed by atoms with Gasteiger partial charge in [-0.15, -0.1) is 5.60 Å². The predicted octanol–water partition coefficient (Wildman–Crippen LogP) is 2.36. The van der Waals surface area contributed by atoms with Crippen LogP contribution in [0.5, 0.6) is 0 Å². The number of aliphatic imine (C=N–C) groups is 1. The maximum absolute atomic E-state index is 12.6. The molecule has 0 bridgehead atoms. The monoisotopic (exact) mass is 1320 g/mol. The third-order valence-corrected chi connectivity index (χ3v) is 13.1. The van der Waals surface area contributed by atoms with Crippen molar-refractivity contribution in [1.29, 1.82) is 10.5 Å². The van der Waals surface area contributed by atoms with Gasteiger partial charge in [0.05, 0.1) is 40.0 Å². The van der Waals surface area contributed by atoms with Crippen molar-refractivity contribution in [3.05, 3.63) is 106 Å². The number of nitrogens with zero attached hydrogens (tertiary/aromatic N) is 6. The van der Waals surface area contributed by atoms with Crippen LogP contribution in [0.4, 0.5) is 14.4 Å². The molecule has 3 fully saturated rings. The molecule has 1 spiro atoms. The summed E-state index contributed by atoms with van der Waals surface area (Å²) in [5.41, 5.74) is 18.4. The van der Waals surface area contributed by atoms with Gasteiger partial charge in [-0.2, -0.15) is 10.5 Å². The van der Waals surface area contributed by atoms with E-state index in [-0.39, 0.29) is 101 Å². The van der Waals surface area contributed by atoms with E-state index in [9.17, 15) is 48.3 Å². The first kappa shape index (κ1) is 83.5. The van der Waals surface area contributed by atoms with Crippen molar-refractivity contribution in [2.45, 2.75) is 187 Å². The second-order valence-corrected chi connectivity index (χ2v) is 27.2. The summed E-state index contributed by atoms with van der Waals surface area (Å²) in [6, 6.07) is 22.3. The Bertz CT molecular complexity index is 3150. The Labute approximate surface area is 587 Å². The molecule has 0 atom stereocenters. The van der Waals surface area contributed by atoms with E-state index in [2.05, 4.69) is 15.6 Å². The third-order valence-electron chi connectivity index (χ3n) is 13.1. The summed E-state index contributed by atoms with van der Waals surface area (Å²) in [6.07, 6.45) is 0.808. The van der Waals surface area contributed by atoms with Gasteiger partial charge in [0, 0.05) is 56.0 Å². The molecule has 8 amide bonds. The second-order valence-electron chi connectivity index (χ2n) is 27.2. The number of benzene rings is 3. The van der Waals surface area contributed by atoms with Gasteiger partial charge < -0.3 is 77.8 Å². The van der Waals surface area contributed by atoms with E-state index < -0.39 is 80.3 Å². The topological polar surface area (TPSA) is 443 Å². The van der Waals surface area contributed by atoms with E-state index in [1.54, 1.807) is 96.4 Å². The number of aromatic carboxylic acids is 1. The van der Waals surface area contributed by atoms with Crippen molar-refractivity contribution < 1.29 is 124 Å². The fraction of sp³-hybridized carbons (Fsp3) is 0.538. The smallest absolute Gasteiger partial charge is 0.850 e. The zero-order valence-electron chi connectivity index (χ0n) is 56.6. The van der Waals surface area contributed by atoms with E-state index in [1.165, 1.54) is 53.4 Å². The SMILES string of the molecule is CC(C)(C)O.CC(C)(C)OC(=O)N1CCC(N)(C(N)=O)CC1.CC(C)(C)OC(=O)N1CCC(NC(=O)c2ccc(C#N)cc2)(C(N)=O)CC1.CC(C)(C)OC(=O)N1CCC2(CC1)N=C(c1ccc(C(N)=O)cc1)NC2=O.CC(C)(C)[O-].N#Cc1ccc(C(=O)O)cc1.[K+]. The van der Waals surface area contributed by atoms with Crippen LogP contribution in [-0.2, 0) is 28.6 Å². The molecule has 4 aliphatic rings. The van der Waals surface area contributed by atoms with Gasteiger partial charge in [-0.1, -0.05) is 32.9 Å². The molecule has 0 radical (unpaired) electrons. The number of nitriles is 2. The molecule has 7 rings (SSSR count). The molecule has 93 heavy (non-hydrogen) atoms. The molecule has 28 heteroatoms. The molecule has 4 aliphatic heterocycles. The summed E-state index contributed by atoms with van der Waals surface area (Å²) < 4.78 is 16.0. The molecular formula is C65H93KN12O15. The molecule has 0 unspecified atom stereocenters. The first-order chi connectivity index (χ1) is 42.0. The Morgan fingerprint density at radius 3 is 1.19 bits per heavy atom. The van der Waals surface area contributed by atoms with Crippen molar-refractivity contribution in [3.63, 3.8) is 0 Å². The van der Waals surface area contributed by atoms with Gasteiger partial charge in [0.2, 0.25) is 17.7 Å². The summed E-state index contributed by atoms with van der Waals surface area (Å²) in [5.74, 6) is -2.79. The number of ether oxygens (including phenoxy) is 3. The molecule has 3 saturated heterocycles. The first-order valence-corrected chi connectivity index (χ1v) is 29.7. The number of carbonyl (C=O) groups is 9. The van der Waals surface area contributed by atoms with E-state index in [0.29, 0.717) is 85.5 Å². The number of primary amides is 3. The number of nitrogens with two attached hydrogens (primary N) is 4. The number of carbonyl (C=O) groups excluding carboxylic acids is 8. The molecule has 0 saturated carbocycles. The van der Waals surface area contributed by atoms with Crippen LogP contribution < -0.4 is 90.1 Å². The van der Waals surface area contributed by atoms with Crippen molar-refractivity contribution in [2.24, 2.45) is 27.9 Å². The molecule has 4 heterocycles. The largest absolute Gasteiger partial charge is 1.00 e. The Morgan fingerprint density at radius 2 is 0.892 bits per heavy atom. The average molecular weight is 1320 g/mol. The Morgan fingerprint density at radius 1 is 0.570 bits per heavy atom. The molecule has 504 valence electrons. The first-order valence-electron chi connectivity index (χ1n) is 29.7. The molecule has 12 N–H and O–H groups in total. The van der Waals surface area contributed by atoms with Crippen LogP contribution in [0.2, 0.25) is 0 Å². The van der Waals surface area contributed by atoms with E-state index in [0.717, 1.165) is 0 Å². The maximum atomic E-state index is 12.6. The van der Waals surface area contributed by atoms with Crippen molar-refractivity contribution >= 4 is 59.6 Å². The maximum Gasteiger partial charge on any atom is 1.00 e.